The summed E-state index contributed by atoms with van der Waals surface area (Å²) in [7, 11) is 0. The standard InChI is InChI=1S/C28H40O5/c1-18(11-24(29)33-27(3,4)5)26(30)31-19(2)25(32-23-9-7-6-8-10-23)28-15-20-12-21(16-28)14-22(13-20)17-28/h6-10,18-22,25H,11-17H2,1-5H3/t18-,19+,20?,21?,22?,25+,28?/m1/s1. The van der Waals surface area contributed by atoms with Gasteiger partial charge >= 0.3 is 11.9 Å². The molecule has 182 valence electrons. The van der Waals surface area contributed by atoms with E-state index in [0.29, 0.717) is 0 Å². The molecule has 33 heavy (non-hydrogen) atoms. The third-order valence-electron chi connectivity index (χ3n) is 7.72. The van der Waals surface area contributed by atoms with E-state index in [9.17, 15) is 9.59 Å². The van der Waals surface area contributed by atoms with Crippen molar-refractivity contribution in [3.8, 4) is 5.75 Å². The summed E-state index contributed by atoms with van der Waals surface area (Å²) >= 11 is 0. The molecule has 0 amide bonds. The van der Waals surface area contributed by atoms with Crippen molar-refractivity contribution in [3.63, 3.8) is 0 Å². The van der Waals surface area contributed by atoms with Crippen LogP contribution in [0.4, 0.5) is 0 Å². The molecule has 4 aliphatic carbocycles. The Morgan fingerprint density at radius 1 is 0.970 bits per heavy atom. The Labute approximate surface area is 198 Å². The summed E-state index contributed by atoms with van der Waals surface area (Å²) in [6.07, 6.45) is 6.95. The van der Waals surface area contributed by atoms with E-state index in [-0.39, 0.29) is 29.9 Å². The summed E-state index contributed by atoms with van der Waals surface area (Å²) in [6.45, 7) is 9.17. The fourth-order valence-electron chi connectivity index (χ4n) is 6.97. The lowest BCUT2D eigenvalue weighted by Crippen LogP contribution is -2.57. The molecule has 4 aliphatic rings. The third-order valence-corrected chi connectivity index (χ3v) is 7.72. The molecule has 5 rings (SSSR count). The van der Waals surface area contributed by atoms with Crippen molar-refractivity contribution in [1.29, 1.82) is 0 Å². The zero-order valence-electron chi connectivity index (χ0n) is 20.8. The molecular weight excluding hydrogens is 416 g/mol. The van der Waals surface area contributed by atoms with E-state index in [1.165, 1.54) is 19.3 Å². The Bertz CT molecular complexity index is 804. The molecule has 5 nitrogen and oxygen atoms in total. The largest absolute Gasteiger partial charge is 0.486 e. The number of para-hydroxylation sites is 1. The average molecular weight is 457 g/mol. The smallest absolute Gasteiger partial charge is 0.309 e. The minimum absolute atomic E-state index is 0.0183. The van der Waals surface area contributed by atoms with Gasteiger partial charge < -0.3 is 14.2 Å². The normalized spacial score (nSPS) is 30.9. The van der Waals surface area contributed by atoms with E-state index < -0.39 is 17.6 Å². The quantitative estimate of drug-likeness (QED) is 0.452. The lowest BCUT2D eigenvalue weighted by atomic mass is 9.47. The number of hydrogen-bond acceptors (Lipinski definition) is 5. The molecule has 1 aromatic carbocycles. The van der Waals surface area contributed by atoms with Gasteiger partial charge in [-0.05, 0) is 96.1 Å². The van der Waals surface area contributed by atoms with Gasteiger partial charge in [-0.2, -0.15) is 0 Å². The second-order valence-corrected chi connectivity index (χ2v) is 12.0. The Kier molecular flexibility index (Phi) is 6.80. The van der Waals surface area contributed by atoms with Gasteiger partial charge in [0.15, 0.2) is 0 Å². The van der Waals surface area contributed by atoms with Gasteiger partial charge in [0.1, 0.15) is 23.6 Å². The summed E-state index contributed by atoms with van der Waals surface area (Å²) in [5, 5.41) is 0. The lowest BCUT2D eigenvalue weighted by Gasteiger charge is -2.59. The molecule has 1 aromatic rings. The summed E-state index contributed by atoms with van der Waals surface area (Å²) in [5.41, 5.74) is -0.514. The van der Waals surface area contributed by atoms with Crippen LogP contribution in [0.5, 0.6) is 5.75 Å². The van der Waals surface area contributed by atoms with Crippen molar-refractivity contribution >= 4 is 11.9 Å². The number of ether oxygens (including phenoxy) is 3. The number of carbonyl (C=O) groups excluding carboxylic acids is 2. The molecular formula is C28H40O5. The van der Waals surface area contributed by atoms with Crippen molar-refractivity contribution in [1.82, 2.24) is 0 Å². The van der Waals surface area contributed by atoms with Gasteiger partial charge in [-0.25, -0.2) is 0 Å². The van der Waals surface area contributed by atoms with Crippen LogP contribution >= 0.6 is 0 Å². The van der Waals surface area contributed by atoms with E-state index in [2.05, 4.69) is 0 Å². The van der Waals surface area contributed by atoms with Gasteiger partial charge in [-0.1, -0.05) is 25.1 Å². The van der Waals surface area contributed by atoms with Gasteiger partial charge in [0.2, 0.25) is 0 Å². The lowest BCUT2D eigenvalue weighted by molar-refractivity contribution is -0.177. The molecule has 0 aliphatic heterocycles. The monoisotopic (exact) mass is 456 g/mol. The number of benzene rings is 1. The molecule has 0 heterocycles. The van der Waals surface area contributed by atoms with E-state index in [0.717, 1.165) is 42.8 Å². The molecule has 0 spiro atoms. The summed E-state index contributed by atoms with van der Waals surface area (Å²) in [4.78, 5) is 25.2. The molecule has 4 saturated carbocycles. The first-order valence-electron chi connectivity index (χ1n) is 12.7. The summed E-state index contributed by atoms with van der Waals surface area (Å²) < 4.78 is 18.0. The Hall–Kier alpha value is -2.04. The molecule has 4 fully saturated rings. The molecule has 0 radical (unpaired) electrons. The zero-order chi connectivity index (χ0) is 23.8. The van der Waals surface area contributed by atoms with Crippen molar-refractivity contribution in [2.24, 2.45) is 29.1 Å². The van der Waals surface area contributed by atoms with Crippen LogP contribution < -0.4 is 4.74 Å². The Morgan fingerprint density at radius 3 is 2.03 bits per heavy atom. The van der Waals surface area contributed by atoms with Gasteiger partial charge in [-0.15, -0.1) is 0 Å². The predicted molar refractivity (Wildman–Crippen MR) is 127 cm³/mol. The zero-order valence-corrected chi connectivity index (χ0v) is 20.8. The van der Waals surface area contributed by atoms with Crippen LogP contribution in [0, 0.1) is 29.1 Å². The molecule has 0 N–H and O–H groups in total. The van der Waals surface area contributed by atoms with E-state index in [1.54, 1.807) is 6.92 Å². The van der Waals surface area contributed by atoms with E-state index in [1.807, 2.05) is 58.0 Å². The molecule has 0 saturated heterocycles. The fourth-order valence-corrected chi connectivity index (χ4v) is 6.97. The maximum atomic E-state index is 13.0. The second kappa shape index (κ2) is 9.31. The SMILES string of the molecule is C[C@H](CC(=O)OC(C)(C)C)C(=O)O[C@@H](C)[C@H](Oc1ccccc1)C12CC3CC(CC(C3)C1)C2. The average Bonchev–Trinajstić information content (AvgIpc) is 2.70. The van der Waals surface area contributed by atoms with Crippen LogP contribution in [0.1, 0.15) is 79.6 Å². The third kappa shape index (κ3) is 5.73. The van der Waals surface area contributed by atoms with Crippen LogP contribution in [-0.4, -0.2) is 29.7 Å². The van der Waals surface area contributed by atoms with Gasteiger partial charge in [0.25, 0.3) is 0 Å². The summed E-state index contributed by atoms with van der Waals surface area (Å²) in [5.74, 6) is 1.84. The molecule has 4 bridgehead atoms. The van der Waals surface area contributed by atoms with E-state index >= 15 is 0 Å². The Balaban J connectivity index is 1.47. The molecule has 3 atom stereocenters. The van der Waals surface area contributed by atoms with Crippen molar-refractivity contribution in [3.05, 3.63) is 30.3 Å². The number of carbonyl (C=O) groups is 2. The van der Waals surface area contributed by atoms with Crippen LogP contribution in [0.3, 0.4) is 0 Å². The maximum absolute atomic E-state index is 13.0. The van der Waals surface area contributed by atoms with Gasteiger partial charge in [-0.3, -0.25) is 9.59 Å². The second-order valence-electron chi connectivity index (χ2n) is 12.0. The highest BCUT2D eigenvalue weighted by atomic mass is 16.6. The van der Waals surface area contributed by atoms with Crippen molar-refractivity contribution in [2.45, 2.75) is 97.4 Å². The predicted octanol–water partition coefficient (Wildman–Crippen LogP) is 5.95. The fraction of sp³-hybridized carbons (Fsp3) is 0.714. The van der Waals surface area contributed by atoms with Crippen LogP contribution in [0.25, 0.3) is 0 Å². The first kappa shape index (κ1) is 24.1. The Morgan fingerprint density at radius 2 is 1.52 bits per heavy atom. The van der Waals surface area contributed by atoms with E-state index in [4.69, 9.17) is 14.2 Å². The topological polar surface area (TPSA) is 61.8 Å². The molecule has 0 unspecified atom stereocenters. The molecule has 0 aromatic heterocycles. The molecule has 5 heteroatoms. The minimum Gasteiger partial charge on any atom is -0.486 e. The number of rotatable bonds is 8. The highest BCUT2D eigenvalue weighted by Gasteiger charge is 2.57. The summed E-state index contributed by atoms with van der Waals surface area (Å²) in [6, 6.07) is 9.89. The highest BCUT2D eigenvalue weighted by Crippen LogP contribution is 2.62. The van der Waals surface area contributed by atoms with Crippen LogP contribution in [0.2, 0.25) is 0 Å². The highest BCUT2D eigenvalue weighted by molar-refractivity contribution is 5.79. The van der Waals surface area contributed by atoms with Gasteiger partial charge in [0, 0.05) is 5.41 Å². The number of hydrogen-bond donors (Lipinski definition) is 0. The first-order valence-corrected chi connectivity index (χ1v) is 12.7. The first-order chi connectivity index (χ1) is 15.5. The maximum Gasteiger partial charge on any atom is 0.309 e. The van der Waals surface area contributed by atoms with Crippen LogP contribution in [-0.2, 0) is 19.1 Å². The van der Waals surface area contributed by atoms with Crippen LogP contribution in [0.15, 0.2) is 30.3 Å². The minimum atomic E-state index is -0.568. The van der Waals surface area contributed by atoms with Gasteiger partial charge in [0.05, 0.1) is 12.3 Å². The van der Waals surface area contributed by atoms with Crippen molar-refractivity contribution in [2.75, 3.05) is 0 Å². The van der Waals surface area contributed by atoms with Crippen molar-refractivity contribution < 1.29 is 23.8 Å². The number of esters is 2.